The molecule has 0 bridgehead atoms. The fourth-order valence-electron chi connectivity index (χ4n) is 5.12. The fourth-order valence-corrected chi connectivity index (χ4v) is 5.12. The summed E-state index contributed by atoms with van der Waals surface area (Å²) >= 11 is 0. The van der Waals surface area contributed by atoms with Crippen LogP contribution in [0.2, 0.25) is 0 Å². The van der Waals surface area contributed by atoms with Gasteiger partial charge in [-0.05, 0) is 44.5 Å². The van der Waals surface area contributed by atoms with E-state index in [1.54, 1.807) is 12.1 Å². The fraction of sp³-hybridized carbons (Fsp3) is 0.520. The van der Waals surface area contributed by atoms with Crippen molar-refractivity contribution < 1.29 is 36.4 Å². The number of aromatic nitrogens is 1. The number of carbonyl (C=O) groups excluding carboxylic acids is 1. The minimum absolute atomic E-state index is 0.0323. The summed E-state index contributed by atoms with van der Waals surface area (Å²) < 4.78 is 69.4. The van der Waals surface area contributed by atoms with Gasteiger partial charge in [0.25, 0.3) is 0 Å². The summed E-state index contributed by atoms with van der Waals surface area (Å²) in [5.74, 6) is -2.67. The molecule has 1 aromatic carbocycles. The average Bonchev–Trinajstić information content (AvgIpc) is 3.24. The first-order valence-electron chi connectivity index (χ1n) is 11.9. The molecule has 0 N–H and O–H groups in total. The molecule has 1 fully saturated rings. The Bertz CT molecular complexity index is 1150. The third-order valence-corrected chi connectivity index (χ3v) is 6.96. The highest BCUT2D eigenvalue weighted by Gasteiger charge is 2.47. The lowest BCUT2D eigenvalue weighted by Crippen LogP contribution is -2.35. The molecule has 188 valence electrons. The van der Waals surface area contributed by atoms with Gasteiger partial charge in [-0.1, -0.05) is 17.3 Å². The van der Waals surface area contributed by atoms with Gasteiger partial charge in [-0.25, -0.2) is 4.39 Å². The van der Waals surface area contributed by atoms with Crippen LogP contribution >= 0.6 is 0 Å². The Morgan fingerprint density at radius 2 is 1.97 bits per heavy atom. The first-order chi connectivity index (χ1) is 16.8. The number of carbonyl (C=O) groups is 1. The second-order valence-electron chi connectivity index (χ2n) is 9.30. The van der Waals surface area contributed by atoms with Crippen LogP contribution in [0.15, 0.2) is 46.2 Å². The van der Waals surface area contributed by atoms with Crippen LogP contribution in [0.25, 0.3) is 11.0 Å². The van der Waals surface area contributed by atoms with Gasteiger partial charge in [-0.15, -0.1) is 0 Å². The molecule has 10 heteroatoms. The number of rotatable bonds is 6. The van der Waals surface area contributed by atoms with E-state index in [4.69, 9.17) is 14.0 Å². The molecule has 1 aromatic heterocycles. The van der Waals surface area contributed by atoms with Crippen molar-refractivity contribution in [2.45, 2.75) is 50.3 Å². The van der Waals surface area contributed by atoms with E-state index in [-0.39, 0.29) is 29.5 Å². The number of nitrogens with zero attached hydrogens (tertiary/aromatic N) is 2. The van der Waals surface area contributed by atoms with E-state index in [1.165, 1.54) is 18.2 Å². The lowest BCUT2D eigenvalue weighted by molar-refractivity contribution is -0.179. The van der Waals surface area contributed by atoms with Gasteiger partial charge in [-0.3, -0.25) is 4.79 Å². The van der Waals surface area contributed by atoms with E-state index in [2.05, 4.69) is 10.1 Å². The molecule has 2 aromatic rings. The Balaban J connectivity index is 1.06. The maximum atomic E-state index is 13.4. The monoisotopic (exact) mass is 494 g/mol. The highest BCUT2D eigenvalue weighted by atomic mass is 19.4. The van der Waals surface area contributed by atoms with Crippen molar-refractivity contribution in [3.8, 4) is 0 Å². The third-order valence-electron chi connectivity index (χ3n) is 6.96. The number of hydrogen-bond donors (Lipinski definition) is 0. The van der Waals surface area contributed by atoms with Gasteiger partial charge in [-0.2, -0.15) is 13.2 Å². The Hall–Kier alpha value is -2.72. The molecule has 2 unspecified atom stereocenters. The molecule has 0 saturated carbocycles. The zero-order chi connectivity index (χ0) is 24.6. The molecular formula is C25H26F4N2O4. The first kappa shape index (κ1) is 24.0. The predicted molar refractivity (Wildman–Crippen MR) is 118 cm³/mol. The van der Waals surface area contributed by atoms with Gasteiger partial charge in [0, 0.05) is 42.5 Å². The number of alkyl halides is 3. The first-order valence-corrected chi connectivity index (χ1v) is 11.9. The summed E-state index contributed by atoms with van der Waals surface area (Å²) in [5.41, 5.74) is 1.39. The van der Waals surface area contributed by atoms with Gasteiger partial charge < -0.3 is 18.9 Å². The number of allylic oxidation sites excluding steroid dienone is 2. The molecular weight excluding hydrogens is 468 g/mol. The number of benzene rings is 1. The van der Waals surface area contributed by atoms with Crippen LogP contribution in [0.5, 0.6) is 0 Å². The highest BCUT2D eigenvalue weighted by molar-refractivity contribution is 5.80. The number of piperidine rings is 1. The van der Waals surface area contributed by atoms with E-state index in [9.17, 15) is 22.4 Å². The average molecular weight is 494 g/mol. The SMILES string of the molecule is O=C1CC(C(F)(F)F)C2=C(CC(OCCCN3CCC(c4noc5cc(F)ccc45)CC3)C=C2)O1. The topological polar surface area (TPSA) is 64.8 Å². The van der Waals surface area contributed by atoms with Gasteiger partial charge in [0.2, 0.25) is 0 Å². The van der Waals surface area contributed by atoms with Gasteiger partial charge in [0.15, 0.2) is 5.58 Å². The van der Waals surface area contributed by atoms with Crippen molar-refractivity contribution in [3.63, 3.8) is 0 Å². The number of likely N-dealkylation sites (tertiary alicyclic amines) is 1. The molecule has 1 aliphatic carbocycles. The summed E-state index contributed by atoms with van der Waals surface area (Å²) in [7, 11) is 0. The van der Waals surface area contributed by atoms with Crippen molar-refractivity contribution in [1.82, 2.24) is 10.1 Å². The normalized spacial score (nSPS) is 24.2. The quantitative estimate of drug-likeness (QED) is 0.310. The van der Waals surface area contributed by atoms with Crippen molar-refractivity contribution in [2.75, 3.05) is 26.2 Å². The van der Waals surface area contributed by atoms with Gasteiger partial charge in [0.1, 0.15) is 11.6 Å². The van der Waals surface area contributed by atoms with E-state index in [1.807, 2.05) is 0 Å². The zero-order valence-electron chi connectivity index (χ0n) is 19.0. The van der Waals surface area contributed by atoms with Crippen LogP contribution in [0, 0.1) is 11.7 Å². The second kappa shape index (κ2) is 9.73. The van der Waals surface area contributed by atoms with Gasteiger partial charge >= 0.3 is 12.1 Å². The molecule has 2 atom stereocenters. The molecule has 35 heavy (non-hydrogen) atoms. The molecule has 6 nitrogen and oxygen atoms in total. The number of ether oxygens (including phenoxy) is 2. The van der Waals surface area contributed by atoms with Crippen molar-refractivity contribution in [2.24, 2.45) is 5.92 Å². The van der Waals surface area contributed by atoms with E-state index in [0.29, 0.717) is 12.2 Å². The third kappa shape index (κ3) is 5.28. The van der Waals surface area contributed by atoms with Crippen molar-refractivity contribution >= 4 is 16.9 Å². The van der Waals surface area contributed by atoms with Crippen molar-refractivity contribution in [3.05, 3.63) is 53.2 Å². The molecule has 0 radical (unpaired) electrons. The minimum Gasteiger partial charge on any atom is -0.431 e. The van der Waals surface area contributed by atoms with Gasteiger partial charge in [0.05, 0.1) is 24.1 Å². The molecule has 3 heterocycles. The predicted octanol–water partition coefficient (Wildman–Crippen LogP) is 5.26. The Morgan fingerprint density at radius 1 is 1.17 bits per heavy atom. The van der Waals surface area contributed by atoms with Crippen LogP contribution in [0.1, 0.15) is 43.7 Å². The summed E-state index contributed by atoms with van der Waals surface area (Å²) in [5, 5.41) is 5.04. The molecule has 2 aliphatic heterocycles. The Labute approximate surface area is 199 Å². The number of hydrogen-bond acceptors (Lipinski definition) is 6. The number of halogens is 4. The largest absolute Gasteiger partial charge is 0.431 e. The molecule has 1 saturated heterocycles. The van der Waals surface area contributed by atoms with Crippen LogP contribution in [-0.4, -0.2) is 54.5 Å². The molecule has 0 amide bonds. The van der Waals surface area contributed by atoms with Crippen LogP contribution in [0.4, 0.5) is 17.6 Å². The van der Waals surface area contributed by atoms with E-state index >= 15 is 0 Å². The number of esters is 1. The molecule has 0 spiro atoms. The summed E-state index contributed by atoms with van der Waals surface area (Å²) in [6.45, 7) is 3.09. The maximum absolute atomic E-state index is 13.4. The maximum Gasteiger partial charge on any atom is 0.396 e. The second-order valence-corrected chi connectivity index (χ2v) is 9.30. The summed E-state index contributed by atoms with van der Waals surface area (Å²) in [4.78, 5) is 14.0. The Morgan fingerprint density at radius 3 is 2.74 bits per heavy atom. The van der Waals surface area contributed by atoms with Crippen LogP contribution in [0.3, 0.4) is 0 Å². The highest BCUT2D eigenvalue weighted by Crippen LogP contribution is 2.42. The van der Waals surface area contributed by atoms with Crippen LogP contribution < -0.4 is 0 Å². The van der Waals surface area contributed by atoms with E-state index in [0.717, 1.165) is 50.0 Å². The zero-order valence-corrected chi connectivity index (χ0v) is 19.0. The smallest absolute Gasteiger partial charge is 0.396 e. The van der Waals surface area contributed by atoms with Crippen molar-refractivity contribution in [1.29, 1.82) is 0 Å². The van der Waals surface area contributed by atoms with E-state index < -0.39 is 30.6 Å². The summed E-state index contributed by atoms with van der Waals surface area (Å²) in [6.07, 6.45) is 0.191. The minimum atomic E-state index is -4.48. The molecule has 3 aliphatic rings. The molecule has 5 rings (SSSR count). The Kier molecular flexibility index (Phi) is 6.67. The lowest BCUT2D eigenvalue weighted by Gasteiger charge is -2.32. The standard InChI is InChI=1S/C25H26F4N2O4/c26-16-2-4-19-22(12-16)35-30-24(19)15-6-9-31(10-7-15)8-1-11-33-17-3-5-18-20(25(27,28)29)14-23(32)34-21(18)13-17/h2-5,12,15,17,20H,1,6-11,13-14H2. The number of fused-ring (bicyclic) bond motifs is 1. The summed E-state index contributed by atoms with van der Waals surface area (Å²) in [6, 6.07) is 4.49. The lowest BCUT2D eigenvalue weighted by atomic mass is 9.87. The van der Waals surface area contributed by atoms with Crippen LogP contribution in [-0.2, 0) is 14.3 Å².